The highest BCUT2D eigenvalue weighted by Gasteiger charge is 2.33. The molecule has 24 heavy (non-hydrogen) atoms. The van der Waals surface area contributed by atoms with Crippen molar-refractivity contribution >= 4 is 32.8 Å². The molecule has 1 aliphatic carbocycles. The fraction of sp³-hybridized carbons (Fsp3) is 0.300. The number of para-hydroxylation sites is 2. The Bertz CT molecular complexity index is 900. The van der Waals surface area contributed by atoms with Crippen LogP contribution in [-0.2, 0) is 6.54 Å². The summed E-state index contributed by atoms with van der Waals surface area (Å²) in [4.78, 5) is 6.37. The number of thiophene rings is 1. The lowest BCUT2D eigenvalue weighted by molar-refractivity contribution is 0.482. The van der Waals surface area contributed by atoms with Crippen molar-refractivity contribution in [2.24, 2.45) is 0 Å². The molecule has 3 aromatic rings. The minimum Gasteiger partial charge on any atom is -0.507 e. The van der Waals surface area contributed by atoms with Crippen LogP contribution >= 0.6 is 11.3 Å². The van der Waals surface area contributed by atoms with Gasteiger partial charge in [-0.05, 0) is 43.2 Å². The molecule has 2 aliphatic rings. The molecule has 0 unspecified atom stereocenters. The zero-order valence-corrected chi connectivity index (χ0v) is 14.3. The highest BCUT2D eigenvalue weighted by Crippen LogP contribution is 2.41. The minimum atomic E-state index is 0.383. The number of nitrogens with zero attached hydrogens (tertiary/aromatic N) is 2. The van der Waals surface area contributed by atoms with Gasteiger partial charge in [0.2, 0.25) is 0 Å². The lowest BCUT2D eigenvalue weighted by Gasteiger charge is -2.39. The first-order valence-corrected chi connectivity index (χ1v) is 9.42. The summed E-state index contributed by atoms with van der Waals surface area (Å²) in [6.07, 6.45) is 2.67. The van der Waals surface area contributed by atoms with Crippen LogP contribution in [0.5, 0.6) is 5.75 Å². The van der Waals surface area contributed by atoms with Crippen LogP contribution in [0.15, 0.2) is 48.5 Å². The number of hydrogen-bond donors (Lipinski definition) is 1. The summed E-state index contributed by atoms with van der Waals surface area (Å²) in [5.74, 6) is 0.383. The van der Waals surface area contributed by atoms with Gasteiger partial charge < -0.3 is 14.9 Å². The van der Waals surface area contributed by atoms with E-state index in [1.165, 1.54) is 29.1 Å². The maximum atomic E-state index is 10.0. The van der Waals surface area contributed by atoms with E-state index in [0.717, 1.165) is 35.8 Å². The van der Waals surface area contributed by atoms with Gasteiger partial charge in [-0.1, -0.05) is 18.2 Å². The van der Waals surface area contributed by atoms with Gasteiger partial charge in [-0.3, -0.25) is 0 Å². The van der Waals surface area contributed by atoms with E-state index in [1.54, 1.807) is 17.4 Å². The van der Waals surface area contributed by atoms with Gasteiger partial charge in [0.1, 0.15) is 5.75 Å². The molecule has 2 aromatic carbocycles. The summed E-state index contributed by atoms with van der Waals surface area (Å²) in [6, 6.07) is 17.5. The monoisotopic (exact) mass is 336 g/mol. The molecule has 0 atom stereocenters. The Balaban J connectivity index is 1.48. The molecule has 0 saturated heterocycles. The summed E-state index contributed by atoms with van der Waals surface area (Å²) in [5, 5.41) is 11.0. The first-order chi connectivity index (χ1) is 11.8. The molecule has 1 N–H and O–H groups in total. The third-order valence-corrected chi connectivity index (χ3v) is 6.15. The van der Waals surface area contributed by atoms with Gasteiger partial charge in [0.15, 0.2) is 0 Å². The summed E-state index contributed by atoms with van der Waals surface area (Å²) >= 11 is 1.78. The number of fused-ring (bicyclic) bond motifs is 2. The molecule has 0 amide bonds. The molecule has 122 valence electrons. The quantitative estimate of drug-likeness (QED) is 0.757. The molecular formula is C20H20N2OS. The van der Waals surface area contributed by atoms with Crippen LogP contribution in [0.2, 0.25) is 0 Å². The summed E-state index contributed by atoms with van der Waals surface area (Å²) < 4.78 is 1.16. The van der Waals surface area contributed by atoms with Crippen LogP contribution < -0.4 is 9.80 Å². The Morgan fingerprint density at radius 1 is 1.00 bits per heavy atom. The van der Waals surface area contributed by atoms with Crippen LogP contribution in [0, 0.1) is 0 Å². The Morgan fingerprint density at radius 3 is 2.62 bits per heavy atom. The lowest BCUT2D eigenvalue weighted by atomic mass is 10.1. The number of benzene rings is 2. The smallest absolute Gasteiger partial charge is 0.124 e. The summed E-state index contributed by atoms with van der Waals surface area (Å²) in [7, 11) is 0. The standard InChI is InChI=1S/C20H20N2OS/c23-19-6-3-7-20-16(19)12-15(24-20)13-21-10-11-22(14-8-9-14)18-5-2-1-4-17(18)21/h1-7,12,14,23H,8-11,13H2. The van der Waals surface area contributed by atoms with Gasteiger partial charge >= 0.3 is 0 Å². The number of hydrogen-bond acceptors (Lipinski definition) is 4. The first kappa shape index (κ1) is 14.2. The molecule has 0 radical (unpaired) electrons. The summed E-state index contributed by atoms with van der Waals surface area (Å²) in [5.41, 5.74) is 2.73. The van der Waals surface area contributed by atoms with Crippen LogP contribution in [0.4, 0.5) is 11.4 Å². The second kappa shape index (κ2) is 5.42. The van der Waals surface area contributed by atoms with Crippen molar-refractivity contribution in [1.82, 2.24) is 0 Å². The van der Waals surface area contributed by atoms with Crippen molar-refractivity contribution < 1.29 is 5.11 Å². The van der Waals surface area contributed by atoms with E-state index in [0.29, 0.717) is 5.75 Å². The third-order valence-electron chi connectivity index (χ3n) is 5.07. The molecule has 0 bridgehead atoms. The van der Waals surface area contributed by atoms with Crippen molar-refractivity contribution in [2.45, 2.75) is 25.4 Å². The maximum absolute atomic E-state index is 10.0. The Morgan fingerprint density at radius 2 is 1.83 bits per heavy atom. The van der Waals surface area contributed by atoms with Gasteiger partial charge in [-0.2, -0.15) is 0 Å². The second-order valence-electron chi connectivity index (χ2n) is 6.74. The molecule has 0 spiro atoms. The third kappa shape index (κ3) is 2.33. The van der Waals surface area contributed by atoms with Crippen LogP contribution in [0.25, 0.3) is 10.1 Å². The van der Waals surface area contributed by atoms with E-state index in [2.05, 4.69) is 46.2 Å². The van der Waals surface area contributed by atoms with Crippen LogP contribution in [0.3, 0.4) is 0 Å². The van der Waals surface area contributed by atoms with E-state index >= 15 is 0 Å². The topological polar surface area (TPSA) is 26.7 Å². The molecular weight excluding hydrogens is 316 g/mol. The van der Waals surface area contributed by atoms with Gasteiger partial charge in [0.05, 0.1) is 17.9 Å². The van der Waals surface area contributed by atoms with Crippen LogP contribution in [0.1, 0.15) is 17.7 Å². The van der Waals surface area contributed by atoms with E-state index in [9.17, 15) is 5.11 Å². The number of rotatable bonds is 3. The molecule has 1 aliphatic heterocycles. The molecule has 3 nitrogen and oxygen atoms in total. The highest BCUT2D eigenvalue weighted by molar-refractivity contribution is 7.19. The van der Waals surface area contributed by atoms with E-state index < -0.39 is 0 Å². The van der Waals surface area contributed by atoms with Crippen molar-refractivity contribution in [3.8, 4) is 5.75 Å². The van der Waals surface area contributed by atoms with Gasteiger partial charge in [0, 0.05) is 34.1 Å². The van der Waals surface area contributed by atoms with Crippen molar-refractivity contribution in [3.63, 3.8) is 0 Å². The average molecular weight is 336 g/mol. The number of anilines is 2. The predicted octanol–water partition coefficient (Wildman–Crippen LogP) is 4.60. The molecule has 1 aromatic heterocycles. The first-order valence-electron chi connectivity index (χ1n) is 8.60. The SMILES string of the molecule is Oc1cccc2sc(CN3CCN(C4CC4)c4ccccc43)cc12. The maximum Gasteiger partial charge on any atom is 0.124 e. The zero-order valence-electron chi connectivity index (χ0n) is 13.5. The fourth-order valence-electron chi connectivity index (χ4n) is 3.74. The number of phenolic OH excluding ortho intramolecular Hbond substituents is 1. The largest absolute Gasteiger partial charge is 0.507 e. The van der Waals surface area contributed by atoms with Crippen molar-refractivity contribution in [3.05, 3.63) is 53.4 Å². The number of aromatic hydroxyl groups is 1. The van der Waals surface area contributed by atoms with Crippen molar-refractivity contribution in [2.75, 3.05) is 22.9 Å². The second-order valence-corrected chi connectivity index (χ2v) is 7.90. The van der Waals surface area contributed by atoms with E-state index in [4.69, 9.17) is 0 Å². The zero-order chi connectivity index (χ0) is 16.1. The molecule has 5 rings (SSSR count). The number of phenols is 1. The fourth-order valence-corrected chi connectivity index (χ4v) is 4.84. The lowest BCUT2D eigenvalue weighted by Crippen LogP contribution is -2.41. The van der Waals surface area contributed by atoms with E-state index in [-0.39, 0.29) is 0 Å². The molecule has 2 heterocycles. The molecule has 1 saturated carbocycles. The molecule has 4 heteroatoms. The minimum absolute atomic E-state index is 0.383. The predicted molar refractivity (Wildman–Crippen MR) is 101 cm³/mol. The highest BCUT2D eigenvalue weighted by atomic mass is 32.1. The summed E-state index contributed by atoms with van der Waals surface area (Å²) in [6.45, 7) is 3.08. The molecule has 1 fully saturated rings. The van der Waals surface area contributed by atoms with Gasteiger partial charge in [-0.25, -0.2) is 0 Å². The average Bonchev–Trinajstić information content (AvgIpc) is 3.35. The van der Waals surface area contributed by atoms with Crippen molar-refractivity contribution in [1.29, 1.82) is 0 Å². The van der Waals surface area contributed by atoms with E-state index in [1.807, 2.05) is 6.07 Å². The normalized spacial score (nSPS) is 17.3. The van der Waals surface area contributed by atoms with Gasteiger partial charge in [0.25, 0.3) is 0 Å². The van der Waals surface area contributed by atoms with Crippen LogP contribution in [-0.4, -0.2) is 24.2 Å². The Labute approximate surface area is 145 Å². The Kier molecular flexibility index (Phi) is 3.20. The Hall–Kier alpha value is -2.20. The van der Waals surface area contributed by atoms with Gasteiger partial charge in [-0.15, -0.1) is 11.3 Å².